The van der Waals surface area contributed by atoms with Crippen molar-refractivity contribution in [1.82, 2.24) is 0 Å². The van der Waals surface area contributed by atoms with Crippen LogP contribution >= 0.6 is 43.5 Å². The molecule has 3 fully saturated rings. The summed E-state index contributed by atoms with van der Waals surface area (Å²) in [6.07, 6.45) is 1.23. The van der Waals surface area contributed by atoms with E-state index in [1.807, 2.05) is 0 Å². The highest BCUT2D eigenvalue weighted by Crippen LogP contribution is 2.45. The summed E-state index contributed by atoms with van der Waals surface area (Å²) in [6.45, 7) is 1.95. The molecule has 2 aromatic carbocycles. The molecule has 2 aromatic rings. The van der Waals surface area contributed by atoms with Gasteiger partial charge in [0.2, 0.25) is 17.7 Å². The van der Waals surface area contributed by atoms with Gasteiger partial charge < -0.3 is 9.64 Å². The predicted molar refractivity (Wildman–Crippen MR) is 143 cm³/mol. The topological polar surface area (TPSA) is 84.0 Å². The van der Waals surface area contributed by atoms with E-state index in [1.165, 1.54) is 9.80 Å². The second kappa shape index (κ2) is 9.91. The molecule has 0 radical (unpaired) electrons. The molecule has 1 saturated carbocycles. The Labute approximate surface area is 230 Å². The highest BCUT2D eigenvalue weighted by Gasteiger charge is 2.52. The number of imide groups is 1. The lowest BCUT2D eigenvalue weighted by Crippen LogP contribution is -2.34. The van der Waals surface area contributed by atoms with Crippen molar-refractivity contribution in [2.24, 2.45) is 17.8 Å². The van der Waals surface area contributed by atoms with E-state index in [0.29, 0.717) is 40.6 Å². The summed E-state index contributed by atoms with van der Waals surface area (Å²) in [5, 5.41) is 0.440. The molecule has 10 heteroatoms. The lowest BCUT2D eigenvalue weighted by atomic mass is 9.81. The number of rotatable bonds is 4. The summed E-state index contributed by atoms with van der Waals surface area (Å²) in [4.78, 5) is 54.7. The second-order valence-corrected chi connectivity index (χ2v) is 12.2. The predicted octanol–water partition coefficient (Wildman–Crippen LogP) is 5.03. The van der Waals surface area contributed by atoms with Crippen LogP contribution in [-0.2, 0) is 19.2 Å². The third kappa shape index (κ3) is 4.50. The van der Waals surface area contributed by atoms with Crippen molar-refractivity contribution in [2.75, 3.05) is 16.3 Å². The summed E-state index contributed by atoms with van der Waals surface area (Å²) in [7, 11) is 0. The summed E-state index contributed by atoms with van der Waals surface area (Å²) >= 11 is 13.4. The third-order valence-electron chi connectivity index (χ3n) is 7.14. The van der Waals surface area contributed by atoms with E-state index in [0.717, 1.165) is 0 Å². The van der Waals surface area contributed by atoms with Crippen LogP contribution in [0.2, 0.25) is 5.02 Å². The van der Waals surface area contributed by atoms with Crippen LogP contribution in [0.4, 0.5) is 11.4 Å². The Balaban J connectivity index is 1.29. The highest BCUT2D eigenvalue weighted by molar-refractivity contribution is 9.12. The van der Waals surface area contributed by atoms with Crippen molar-refractivity contribution in [3.8, 4) is 5.75 Å². The first-order valence-corrected chi connectivity index (χ1v) is 13.9. The fourth-order valence-electron chi connectivity index (χ4n) is 5.24. The van der Waals surface area contributed by atoms with E-state index < -0.39 is 11.9 Å². The Morgan fingerprint density at radius 2 is 1.61 bits per heavy atom. The average Bonchev–Trinajstić information content (AvgIpc) is 3.33. The molecule has 7 nitrogen and oxygen atoms in total. The van der Waals surface area contributed by atoms with E-state index in [9.17, 15) is 19.2 Å². The fraction of sp³-hybridized carbons (Fsp3) is 0.385. The molecule has 2 saturated heterocycles. The number of ether oxygens (including phenoxy) is 1. The molecule has 2 heterocycles. The van der Waals surface area contributed by atoms with Crippen LogP contribution in [0.3, 0.4) is 0 Å². The van der Waals surface area contributed by atoms with Gasteiger partial charge in [-0.15, -0.1) is 0 Å². The summed E-state index contributed by atoms with van der Waals surface area (Å²) in [5.74, 6) is -2.11. The van der Waals surface area contributed by atoms with Crippen LogP contribution in [-0.4, -0.2) is 39.9 Å². The van der Waals surface area contributed by atoms with E-state index in [4.69, 9.17) is 16.3 Å². The number of esters is 1. The Kier molecular flexibility index (Phi) is 7.00. The first kappa shape index (κ1) is 25.4. The summed E-state index contributed by atoms with van der Waals surface area (Å²) < 4.78 is 5.58. The van der Waals surface area contributed by atoms with Gasteiger partial charge in [-0.25, -0.2) is 4.90 Å². The first-order chi connectivity index (χ1) is 17.2. The SMILES string of the molecule is Cc1cc(OC(=O)[C@@H]2CC(=O)N(c3ccccc3Cl)C2)ccc1N1C(=O)[C@@H]2C[C@H](Br)[C@@H](Br)C[C@H]2C1=O. The number of aryl methyl sites for hydroxylation is 1. The number of hydrogen-bond acceptors (Lipinski definition) is 5. The minimum Gasteiger partial charge on any atom is -0.426 e. The van der Waals surface area contributed by atoms with Crippen molar-refractivity contribution in [2.45, 2.75) is 35.8 Å². The van der Waals surface area contributed by atoms with E-state index in [2.05, 4.69) is 31.9 Å². The van der Waals surface area contributed by atoms with Crippen LogP contribution in [0.15, 0.2) is 42.5 Å². The molecular weight excluding hydrogens is 616 g/mol. The number of nitrogens with zero attached hydrogens (tertiary/aromatic N) is 2. The molecule has 188 valence electrons. The lowest BCUT2D eigenvalue weighted by Gasteiger charge is -2.29. The van der Waals surface area contributed by atoms with Crippen molar-refractivity contribution >= 4 is 78.5 Å². The minimum atomic E-state index is -0.631. The van der Waals surface area contributed by atoms with Crippen molar-refractivity contribution in [3.63, 3.8) is 0 Å². The number of alkyl halides is 2. The molecular formula is C26H23Br2ClN2O5. The smallest absolute Gasteiger partial charge is 0.316 e. The van der Waals surface area contributed by atoms with Gasteiger partial charge in [-0.2, -0.15) is 0 Å². The molecule has 0 N–H and O–H groups in total. The summed E-state index contributed by atoms with van der Waals surface area (Å²) in [5.41, 5.74) is 1.71. The molecule has 36 heavy (non-hydrogen) atoms. The minimum absolute atomic E-state index is 0.0316. The fourth-order valence-corrected chi connectivity index (χ4v) is 6.72. The van der Waals surface area contributed by atoms with Crippen molar-refractivity contribution in [3.05, 3.63) is 53.1 Å². The molecule has 2 aliphatic heterocycles. The molecule has 1 aliphatic carbocycles. The Morgan fingerprint density at radius 3 is 2.22 bits per heavy atom. The van der Waals surface area contributed by atoms with Gasteiger partial charge in [0.15, 0.2) is 0 Å². The quantitative estimate of drug-likeness (QED) is 0.203. The van der Waals surface area contributed by atoms with Gasteiger partial charge in [0, 0.05) is 22.6 Å². The maximum absolute atomic E-state index is 13.1. The Hall–Kier alpha value is -2.23. The molecule has 0 aromatic heterocycles. The number of fused-ring (bicyclic) bond motifs is 1. The maximum Gasteiger partial charge on any atom is 0.316 e. The van der Waals surface area contributed by atoms with Crippen LogP contribution in [0.25, 0.3) is 0 Å². The molecule has 5 atom stereocenters. The van der Waals surface area contributed by atoms with Gasteiger partial charge >= 0.3 is 5.97 Å². The number of carbonyl (C=O) groups excluding carboxylic acids is 4. The average molecular weight is 639 g/mol. The van der Waals surface area contributed by atoms with Gasteiger partial charge in [0.1, 0.15) is 5.75 Å². The van der Waals surface area contributed by atoms with Crippen LogP contribution in [0.1, 0.15) is 24.8 Å². The van der Waals surface area contributed by atoms with Gasteiger partial charge in [-0.3, -0.25) is 19.2 Å². The third-order valence-corrected chi connectivity index (χ3v) is 10.2. The lowest BCUT2D eigenvalue weighted by molar-refractivity contribution is -0.139. The van der Waals surface area contributed by atoms with Gasteiger partial charge in [0.05, 0.1) is 34.2 Å². The van der Waals surface area contributed by atoms with Gasteiger partial charge in [-0.05, 0) is 55.7 Å². The zero-order chi connectivity index (χ0) is 25.7. The molecule has 5 rings (SSSR count). The van der Waals surface area contributed by atoms with Crippen molar-refractivity contribution in [1.29, 1.82) is 0 Å². The zero-order valence-electron chi connectivity index (χ0n) is 19.3. The van der Waals surface area contributed by atoms with E-state index in [-0.39, 0.29) is 52.2 Å². The zero-order valence-corrected chi connectivity index (χ0v) is 23.3. The second-order valence-electron chi connectivity index (χ2n) is 9.45. The number of halogens is 3. The number of benzene rings is 2. The van der Waals surface area contributed by atoms with E-state index in [1.54, 1.807) is 49.4 Å². The molecule has 0 unspecified atom stereocenters. The van der Waals surface area contributed by atoms with E-state index >= 15 is 0 Å². The molecule has 0 bridgehead atoms. The monoisotopic (exact) mass is 636 g/mol. The number of amides is 3. The van der Waals surface area contributed by atoms with Crippen LogP contribution < -0.4 is 14.5 Å². The highest BCUT2D eigenvalue weighted by atomic mass is 79.9. The first-order valence-electron chi connectivity index (χ1n) is 11.7. The Bertz CT molecular complexity index is 1240. The number of para-hydroxylation sites is 1. The molecule has 3 aliphatic rings. The number of anilines is 2. The normalized spacial score (nSPS) is 28.0. The van der Waals surface area contributed by atoms with Crippen molar-refractivity contribution < 1.29 is 23.9 Å². The van der Waals surface area contributed by atoms with Gasteiger partial charge in [-0.1, -0.05) is 55.6 Å². The maximum atomic E-state index is 13.1. The summed E-state index contributed by atoms with van der Waals surface area (Å²) in [6, 6.07) is 11.8. The number of carbonyl (C=O) groups is 4. The van der Waals surface area contributed by atoms with Crippen LogP contribution in [0.5, 0.6) is 5.75 Å². The van der Waals surface area contributed by atoms with Crippen LogP contribution in [0, 0.1) is 24.7 Å². The van der Waals surface area contributed by atoms with Gasteiger partial charge in [0.25, 0.3) is 0 Å². The molecule has 3 amide bonds. The number of hydrogen-bond donors (Lipinski definition) is 0. The largest absolute Gasteiger partial charge is 0.426 e. The Morgan fingerprint density at radius 1 is 0.972 bits per heavy atom. The standard InChI is InChI=1S/C26H23Br2ClN2O5/c1-13-8-15(36-26(35)14-9-23(32)30(12-14)22-5-3-2-4-20(22)29)6-7-21(13)31-24(33)16-10-18(27)19(28)11-17(16)25(31)34/h2-8,14,16-19H,9-12H2,1H3/t14-,16-,17-,18+,19+/m1/s1. The molecule has 0 spiro atoms.